The molecule has 7 aliphatic rings. The summed E-state index contributed by atoms with van der Waals surface area (Å²) in [5.41, 5.74) is -0.0480. The highest BCUT2D eigenvalue weighted by molar-refractivity contribution is 5.87. The average Bonchev–Trinajstić information content (AvgIpc) is 3.39. The van der Waals surface area contributed by atoms with Gasteiger partial charge in [-0.1, -0.05) is 26.8 Å². The first kappa shape index (κ1) is 21.6. The lowest BCUT2D eigenvalue weighted by molar-refractivity contribution is -0.304. The molecular formula is C28H42O4. The van der Waals surface area contributed by atoms with Crippen molar-refractivity contribution in [2.75, 3.05) is 0 Å². The van der Waals surface area contributed by atoms with Crippen LogP contribution in [0.4, 0.5) is 0 Å². The van der Waals surface area contributed by atoms with E-state index in [4.69, 9.17) is 14.2 Å². The molecule has 4 nitrogen and oxygen atoms in total. The second kappa shape index (κ2) is 7.57. The van der Waals surface area contributed by atoms with Crippen LogP contribution in [0.3, 0.4) is 0 Å². The summed E-state index contributed by atoms with van der Waals surface area (Å²) in [6, 6.07) is 0. The summed E-state index contributed by atoms with van der Waals surface area (Å²) in [5, 5.41) is 0. The maximum atomic E-state index is 12.5. The van der Waals surface area contributed by atoms with Crippen molar-refractivity contribution in [3.05, 3.63) is 12.2 Å². The monoisotopic (exact) mass is 442 g/mol. The molecule has 0 saturated heterocycles. The van der Waals surface area contributed by atoms with Crippen LogP contribution in [-0.2, 0) is 19.0 Å². The van der Waals surface area contributed by atoms with Gasteiger partial charge in [-0.2, -0.15) is 0 Å². The first-order valence-corrected chi connectivity index (χ1v) is 13.5. The van der Waals surface area contributed by atoms with E-state index in [-0.39, 0.29) is 23.5 Å². The largest absolute Gasteiger partial charge is 0.456 e. The predicted octanol–water partition coefficient (Wildman–Crippen LogP) is 6.04. The van der Waals surface area contributed by atoms with E-state index in [0.29, 0.717) is 29.4 Å². The van der Waals surface area contributed by atoms with E-state index in [1.807, 2.05) is 0 Å². The Kier molecular flexibility index (Phi) is 5.12. The smallest absolute Gasteiger partial charge is 0.333 e. The molecular weight excluding hydrogens is 400 g/mol. The number of carbonyl (C=O) groups excluding carboxylic acids is 1. The van der Waals surface area contributed by atoms with Crippen LogP contribution in [0.15, 0.2) is 12.2 Å². The number of carbonyl (C=O) groups is 1. The fraction of sp³-hybridized carbons (Fsp3) is 0.893. The van der Waals surface area contributed by atoms with Crippen LogP contribution >= 0.6 is 0 Å². The Morgan fingerprint density at radius 1 is 0.938 bits per heavy atom. The lowest BCUT2D eigenvalue weighted by Gasteiger charge is -2.61. The lowest BCUT2D eigenvalue weighted by Crippen LogP contribution is -2.62. The summed E-state index contributed by atoms with van der Waals surface area (Å²) in [4.78, 5) is 12.5. The standard InChI is InChI=1S/C28H42O4/c1-16(2)25(29)31-27-11-18-8-19(12-27)14-28(13-18,15-27)32-26(17(3)4)30-24-10-20-9-23(24)22-7-5-6-21(20)22/h17-24,26H,1,5-15H2,2-4H3. The molecule has 7 fully saturated rings. The van der Waals surface area contributed by atoms with Crippen LogP contribution in [0.5, 0.6) is 0 Å². The first-order chi connectivity index (χ1) is 15.2. The van der Waals surface area contributed by atoms with Gasteiger partial charge in [-0.05, 0) is 100 Å². The van der Waals surface area contributed by atoms with Crippen LogP contribution in [0.25, 0.3) is 0 Å². The van der Waals surface area contributed by atoms with Gasteiger partial charge in [0.25, 0.3) is 0 Å². The SMILES string of the molecule is C=C(C)C(=O)OC12CC3CC(C1)CC(OC(OC1CC4CC1C1CCCC41)C(C)C)(C3)C2. The molecule has 32 heavy (non-hydrogen) atoms. The van der Waals surface area contributed by atoms with Crippen LogP contribution in [-0.4, -0.2) is 29.6 Å². The topological polar surface area (TPSA) is 44.8 Å². The summed E-state index contributed by atoms with van der Waals surface area (Å²) in [5.74, 6) is 4.86. The van der Waals surface area contributed by atoms with Gasteiger partial charge in [0.2, 0.25) is 0 Å². The Hall–Kier alpha value is -0.870. The number of hydrogen-bond acceptors (Lipinski definition) is 4. The van der Waals surface area contributed by atoms with E-state index in [9.17, 15) is 4.79 Å². The highest BCUT2D eigenvalue weighted by Gasteiger charge is 2.61. The van der Waals surface area contributed by atoms with E-state index >= 15 is 0 Å². The maximum absolute atomic E-state index is 12.5. The van der Waals surface area contributed by atoms with Crippen molar-refractivity contribution in [2.45, 2.75) is 115 Å². The molecule has 8 unspecified atom stereocenters. The zero-order valence-corrected chi connectivity index (χ0v) is 20.3. The van der Waals surface area contributed by atoms with E-state index in [2.05, 4.69) is 20.4 Å². The highest BCUT2D eigenvalue weighted by Crippen LogP contribution is 2.62. The molecule has 7 aliphatic carbocycles. The first-order valence-electron chi connectivity index (χ1n) is 13.5. The molecule has 0 N–H and O–H groups in total. The Balaban J connectivity index is 1.18. The molecule has 8 atom stereocenters. The minimum absolute atomic E-state index is 0.149. The zero-order valence-electron chi connectivity index (χ0n) is 20.3. The average molecular weight is 443 g/mol. The van der Waals surface area contributed by atoms with Crippen molar-refractivity contribution in [1.82, 2.24) is 0 Å². The number of hydrogen-bond donors (Lipinski definition) is 0. The molecule has 7 saturated carbocycles. The molecule has 0 aromatic rings. The molecule has 0 heterocycles. The lowest BCUT2D eigenvalue weighted by atomic mass is 9.52. The minimum Gasteiger partial charge on any atom is -0.456 e. The van der Waals surface area contributed by atoms with Crippen molar-refractivity contribution in [2.24, 2.45) is 41.4 Å². The maximum Gasteiger partial charge on any atom is 0.333 e. The van der Waals surface area contributed by atoms with Crippen LogP contribution in [0.1, 0.15) is 91.4 Å². The van der Waals surface area contributed by atoms with E-state index in [1.54, 1.807) is 6.92 Å². The Morgan fingerprint density at radius 3 is 2.31 bits per heavy atom. The van der Waals surface area contributed by atoms with Gasteiger partial charge in [-0.25, -0.2) is 4.79 Å². The summed E-state index contributed by atoms with van der Waals surface area (Å²) in [7, 11) is 0. The molecule has 0 aromatic carbocycles. The van der Waals surface area contributed by atoms with Gasteiger partial charge in [0.15, 0.2) is 6.29 Å². The third kappa shape index (κ3) is 3.50. The van der Waals surface area contributed by atoms with Crippen molar-refractivity contribution < 1.29 is 19.0 Å². The summed E-state index contributed by atoms with van der Waals surface area (Å²) < 4.78 is 20.0. The van der Waals surface area contributed by atoms with Crippen molar-refractivity contribution in [3.63, 3.8) is 0 Å². The van der Waals surface area contributed by atoms with Gasteiger partial charge >= 0.3 is 5.97 Å². The van der Waals surface area contributed by atoms with Crippen LogP contribution in [0, 0.1) is 41.4 Å². The van der Waals surface area contributed by atoms with E-state index < -0.39 is 0 Å². The molecule has 0 aromatic heterocycles. The van der Waals surface area contributed by atoms with Crippen molar-refractivity contribution in [1.29, 1.82) is 0 Å². The van der Waals surface area contributed by atoms with Crippen LogP contribution < -0.4 is 0 Å². The van der Waals surface area contributed by atoms with Crippen LogP contribution in [0.2, 0.25) is 0 Å². The normalized spacial score (nSPS) is 48.9. The van der Waals surface area contributed by atoms with Crippen molar-refractivity contribution >= 4 is 5.97 Å². The van der Waals surface area contributed by atoms with E-state index in [0.717, 1.165) is 55.8 Å². The fourth-order valence-corrected chi connectivity index (χ4v) is 9.54. The molecule has 7 rings (SSSR count). The quantitative estimate of drug-likeness (QED) is 0.274. The summed E-state index contributed by atoms with van der Waals surface area (Å²) in [6.07, 6.45) is 13.5. The van der Waals surface area contributed by atoms with Gasteiger partial charge in [0.1, 0.15) is 5.60 Å². The molecule has 0 aliphatic heterocycles. The van der Waals surface area contributed by atoms with Gasteiger partial charge in [-0.15, -0.1) is 0 Å². The Morgan fingerprint density at radius 2 is 1.62 bits per heavy atom. The highest BCUT2D eigenvalue weighted by atomic mass is 16.7. The number of rotatable bonds is 7. The van der Waals surface area contributed by atoms with Gasteiger partial charge in [-0.3, -0.25) is 0 Å². The molecule has 4 heteroatoms. The summed E-state index contributed by atoms with van der Waals surface area (Å²) >= 11 is 0. The number of fused-ring (bicyclic) bond motifs is 5. The third-order valence-corrected chi connectivity index (χ3v) is 10.2. The molecule has 178 valence electrons. The zero-order chi connectivity index (χ0) is 22.3. The molecule has 0 amide bonds. The van der Waals surface area contributed by atoms with Crippen molar-refractivity contribution in [3.8, 4) is 0 Å². The minimum atomic E-state index is -0.356. The third-order valence-electron chi connectivity index (χ3n) is 10.2. The Labute approximate surface area is 193 Å². The molecule has 6 bridgehead atoms. The van der Waals surface area contributed by atoms with E-state index in [1.165, 1.54) is 38.5 Å². The molecule has 0 radical (unpaired) electrons. The summed E-state index contributed by atoms with van der Waals surface area (Å²) in [6.45, 7) is 10.1. The van der Waals surface area contributed by atoms with Gasteiger partial charge in [0, 0.05) is 17.9 Å². The second-order valence-corrected chi connectivity index (χ2v) is 13.1. The molecule has 0 spiro atoms. The predicted molar refractivity (Wildman–Crippen MR) is 123 cm³/mol. The van der Waals surface area contributed by atoms with Gasteiger partial charge < -0.3 is 14.2 Å². The number of ether oxygens (including phenoxy) is 3. The second-order valence-electron chi connectivity index (χ2n) is 13.1. The number of esters is 1. The Bertz CT molecular complexity index is 772. The van der Waals surface area contributed by atoms with Gasteiger partial charge in [0.05, 0.1) is 11.7 Å². The fourth-order valence-electron chi connectivity index (χ4n) is 9.54.